The van der Waals surface area contributed by atoms with Gasteiger partial charge < -0.3 is 0 Å². The van der Waals surface area contributed by atoms with Gasteiger partial charge in [-0.05, 0) is 0 Å². The van der Waals surface area contributed by atoms with Crippen LogP contribution in [0.25, 0.3) is 0 Å². The molecule has 1 N–H and O–H groups in total. The Morgan fingerprint density at radius 3 is 2.36 bits per heavy atom. The van der Waals surface area contributed by atoms with E-state index in [1.54, 1.807) is 0 Å². The number of carbonyl (C=O) groups excluding carboxylic acids is 2. The van der Waals surface area contributed by atoms with Gasteiger partial charge >= 0.3 is 105 Å². The van der Waals surface area contributed by atoms with Gasteiger partial charge in [-0.15, -0.1) is 0 Å². The molecule has 0 aromatic rings. The first-order valence-electron chi connectivity index (χ1n) is 2.27. The summed E-state index contributed by atoms with van der Waals surface area (Å²) in [6.45, 7) is 0. The van der Waals surface area contributed by atoms with E-state index in [4.69, 9.17) is 5.11 Å². The molecule has 1 atom stereocenters. The standard InChI is InChI=1S/C4H6O4S.Au.Na.H/c5-2(4(7)8)1-3(6)9;;;/h2,5H,1H2,(H,6,9)(H,7,8);;;/q;+1;;/p-1. The van der Waals surface area contributed by atoms with E-state index in [2.05, 4.69) is 15.9 Å². The fraction of sp³-hybridized carbons (Fsp3) is 0.500. The van der Waals surface area contributed by atoms with E-state index < -0.39 is 17.2 Å². The van der Waals surface area contributed by atoms with Crippen molar-refractivity contribution >= 4 is 53.3 Å². The molecule has 0 aromatic carbocycles. The molecule has 0 rings (SSSR count). The molecule has 64 valence electrons. The van der Waals surface area contributed by atoms with Crippen LogP contribution in [0.15, 0.2) is 0 Å². The van der Waals surface area contributed by atoms with Gasteiger partial charge in [0.25, 0.3) is 0 Å². The molecule has 0 aliphatic carbocycles. The monoisotopic (exact) mass is 370 g/mol. The Morgan fingerprint density at radius 1 is 1.64 bits per heavy atom. The molecular weight excluding hydrogens is 364 g/mol. The summed E-state index contributed by atoms with van der Waals surface area (Å²) < 4.78 is 4.08. The van der Waals surface area contributed by atoms with E-state index >= 15 is 0 Å². The van der Waals surface area contributed by atoms with Crippen molar-refractivity contribution in [2.45, 2.75) is 12.5 Å². The second-order valence-electron chi connectivity index (χ2n) is 1.49. The summed E-state index contributed by atoms with van der Waals surface area (Å²) >= 11 is 4.86. The summed E-state index contributed by atoms with van der Waals surface area (Å²) in [5.41, 5.74) is 0. The number of carbonyl (C=O) groups is 2. The van der Waals surface area contributed by atoms with Crippen LogP contribution in [0.1, 0.15) is 6.42 Å². The summed E-state index contributed by atoms with van der Waals surface area (Å²) in [5, 5.41) is 8.19. The SMILES string of the molecule is O=C(S)CC(O)C(=O)[O][Au].[NaH]. The summed E-state index contributed by atoms with van der Waals surface area (Å²) in [6.07, 6.45) is -1.71. The third kappa shape index (κ3) is 7.55. The van der Waals surface area contributed by atoms with Crippen LogP contribution in [-0.2, 0) is 34.3 Å². The van der Waals surface area contributed by atoms with Gasteiger partial charge in [0, 0.05) is 0 Å². The van der Waals surface area contributed by atoms with Crippen LogP contribution in [0.2, 0.25) is 0 Å². The zero-order chi connectivity index (χ0) is 8.15. The Hall–Kier alpha value is 1.19. The molecule has 0 aliphatic heterocycles. The molecule has 0 radical (unpaired) electrons. The molecule has 0 aromatic heterocycles. The van der Waals surface area contributed by atoms with Crippen LogP contribution in [0, 0.1) is 0 Å². The third-order valence-corrected chi connectivity index (χ3v) is 1.32. The Morgan fingerprint density at radius 2 is 2.09 bits per heavy atom. The number of rotatable bonds is 3. The zero-order valence-electron chi connectivity index (χ0n) is 4.71. The van der Waals surface area contributed by atoms with Gasteiger partial charge in [-0.1, -0.05) is 0 Å². The van der Waals surface area contributed by atoms with Crippen molar-refractivity contribution in [3.63, 3.8) is 0 Å². The van der Waals surface area contributed by atoms with E-state index in [9.17, 15) is 9.59 Å². The zero-order valence-corrected chi connectivity index (χ0v) is 7.77. The predicted molar refractivity (Wildman–Crippen MR) is 37.9 cm³/mol. The first kappa shape index (κ1) is 14.7. The van der Waals surface area contributed by atoms with Crippen LogP contribution in [0.4, 0.5) is 0 Å². The molecule has 7 heteroatoms. The van der Waals surface area contributed by atoms with Gasteiger partial charge in [0.05, 0.1) is 0 Å². The number of thiol groups is 1. The van der Waals surface area contributed by atoms with Crippen LogP contribution >= 0.6 is 12.6 Å². The van der Waals surface area contributed by atoms with Gasteiger partial charge in [0.1, 0.15) is 0 Å². The first-order chi connectivity index (χ1) is 4.57. The molecule has 0 saturated heterocycles. The molecule has 0 amide bonds. The molecule has 1 unspecified atom stereocenters. The van der Waals surface area contributed by atoms with Gasteiger partial charge in [0.15, 0.2) is 0 Å². The van der Waals surface area contributed by atoms with Crippen molar-refractivity contribution in [3.05, 3.63) is 0 Å². The van der Waals surface area contributed by atoms with Crippen molar-refractivity contribution in [1.82, 2.24) is 0 Å². The van der Waals surface area contributed by atoms with Crippen molar-refractivity contribution in [3.8, 4) is 0 Å². The molecule has 0 aliphatic rings. The van der Waals surface area contributed by atoms with Gasteiger partial charge in [0.2, 0.25) is 0 Å². The minimum absolute atomic E-state index is 0. The van der Waals surface area contributed by atoms with E-state index in [1.165, 1.54) is 21.5 Å². The molecule has 0 spiro atoms. The third-order valence-electron chi connectivity index (χ3n) is 0.701. The molecule has 0 fully saturated rings. The van der Waals surface area contributed by atoms with E-state index in [1.807, 2.05) is 0 Å². The van der Waals surface area contributed by atoms with Crippen LogP contribution in [0.3, 0.4) is 0 Å². The summed E-state index contributed by atoms with van der Waals surface area (Å²) in [5.74, 6) is -0.842. The molecule has 0 heterocycles. The quantitative estimate of drug-likeness (QED) is 0.472. The predicted octanol–water partition coefficient (Wildman–Crippen LogP) is -1.45. The van der Waals surface area contributed by atoms with Crippen molar-refractivity contribution < 1.29 is 39.4 Å². The average molecular weight is 370 g/mol. The Bertz CT molecular complexity index is 153. The van der Waals surface area contributed by atoms with E-state index in [0.717, 1.165) is 0 Å². The summed E-state index contributed by atoms with van der Waals surface area (Å²) in [4.78, 5) is 20.5. The summed E-state index contributed by atoms with van der Waals surface area (Å²) in [7, 11) is 0. The number of aliphatic hydroxyl groups is 1. The second-order valence-corrected chi connectivity index (χ2v) is 2.44. The normalized spacial score (nSPS) is 11.3. The minimum atomic E-state index is -1.39. The Labute approximate surface area is 104 Å². The van der Waals surface area contributed by atoms with E-state index in [-0.39, 0.29) is 36.0 Å². The van der Waals surface area contributed by atoms with Crippen LogP contribution in [-0.4, -0.2) is 51.9 Å². The average Bonchev–Trinajstić information content (AvgIpc) is 1.85. The summed E-state index contributed by atoms with van der Waals surface area (Å²) in [6, 6.07) is 0. The topological polar surface area (TPSA) is 63.6 Å². The van der Waals surface area contributed by atoms with Crippen LogP contribution < -0.4 is 0 Å². The van der Waals surface area contributed by atoms with Crippen molar-refractivity contribution in [2.24, 2.45) is 0 Å². The Balaban J connectivity index is 0. The molecule has 4 nitrogen and oxygen atoms in total. The van der Waals surface area contributed by atoms with E-state index in [0.29, 0.717) is 0 Å². The van der Waals surface area contributed by atoms with Crippen LogP contribution in [0.5, 0.6) is 0 Å². The molecule has 11 heavy (non-hydrogen) atoms. The fourth-order valence-corrected chi connectivity index (χ4v) is 0.757. The maximum absolute atomic E-state index is 10.4. The van der Waals surface area contributed by atoms with Gasteiger partial charge in [-0.2, -0.15) is 0 Å². The molecule has 0 bridgehead atoms. The number of hydrogen-bond acceptors (Lipinski definition) is 4. The second kappa shape index (κ2) is 7.82. The molecule has 0 saturated carbocycles. The van der Waals surface area contributed by atoms with Gasteiger partial charge in [-0.25, -0.2) is 0 Å². The fourth-order valence-electron chi connectivity index (χ4n) is 0.290. The van der Waals surface area contributed by atoms with Crippen molar-refractivity contribution in [1.29, 1.82) is 0 Å². The Kier molecular flexibility index (Phi) is 10.4. The number of hydrogen-bond donors (Lipinski definition) is 2. The van der Waals surface area contributed by atoms with Gasteiger partial charge in [-0.3, -0.25) is 0 Å². The maximum atomic E-state index is 10.4. The van der Waals surface area contributed by atoms with Crippen molar-refractivity contribution in [2.75, 3.05) is 0 Å². The first-order valence-corrected chi connectivity index (χ1v) is 3.60. The molecular formula is C4H6AuNaO4S. The number of aliphatic hydroxyl groups excluding tert-OH is 1.